The molecule has 16 nitrogen and oxygen atoms in total. The first-order chi connectivity index (χ1) is 41.7. The molecule has 0 saturated carbocycles. The zero-order valence-corrected chi connectivity index (χ0v) is 48.3. The highest BCUT2D eigenvalue weighted by Crippen LogP contribution is 2.14. The van der Waals surface area contributed by atoms with Crippen LogP contribution in [0.3, 0.4) is 0 Å². The lowest BCUT2D eigenvalue weighted by molar-refractivity contribution is -0.139. The maximum absolute atomic E-state index is 12.1. The molecule has 0 heterocycles. The Labute approximate surface area is 501 Å². The average Bonchev–Trinajstić information content (AvgIpc) is 3.62. The van der Waals surface area contributed by atoms with Gasteiger partial charge in [0.2, 0.25) is 0 Å². The summed E-state index contributed by atoms with van der Waals surface area (Å²) in [5.41, 5.74) is 8.76. The molecule has 16 heteroatoms. The van der Waals surface area contributed by atoms with Crippen LogP contribution in [0.1, 0.15) is 80.4 Å². The second-order valence-corrected chi connectivity index (χ2v) is 18.2. The van der Waals surface area contributed by atoms with Gasteiger partial charge in [0, 0.05) is 25.9 Å². The van der Waals surface area contributed by atoms with Gasteiger partial charge in [-0.25, -0.2) is 28.8 Å². The Kier molecular flexibility index (Phi) is 30.8. The number of aromatic carboxylic acids is 1. The smallest absolute Gasteiger partial charge is 0.408 e. The highest BCUT2D eigenvalue weighted by Gasteiger charge is 2.21. The minimum absolute atomic E-state index is 0.0598. The zero-order chi connectivity index (χ0) is 62.3. The lowest BCUT2D eigenvalue weighted by Gasteiger charge is -2.15. The van der Waals surface area contributed by atoms with Crippen LogP contribution in [0.15, 0.2) is 225 Å². The number of esters is 3. The molecule has 1 atom stereocenters. The minimum atomic E-state index is -1.11. The predicted molar refractivity (Wildman–Crippen MR) is 330 cm³/mol. The number of aliphatic carboxylic acids is 1. The minimum Gasteiger partial charge on any atom is -0.493 e. The number of benzene rings is 8. The second kappa shape index (κ2) is 39.0. The maximum Gasteiger partial charge on any atom is 0.408 e. The lowest BCUT2D eigenvalue weighted by Crippen LogP contribution is -2.42. The molecule has 0 aliphatic rings. The van der Waals surface area contributed by atoms with E-state index in [1.807, 2.05) is 152 Å². The SMILES string of the molecule is C=Cc1ccc(C(=O)O)cc1.C=Cc1ccc(C(=O)OC)cc1.COC(=O)c1ccc(CCO)cc1.COC(=O)c1ccc(CCOc2ccccc2)cc1.O=C(NC(Cc1ccccc1)C(=O)O)OCc1ccc(CCOc2ccccc2)cc1. The van der Waals surface area contributed by atoms with Gasteiger partial charge in [0.1, 0.15) is 24.1 Å². The Morgan fingerprint density at radius 2 is 0.791 bits per heavy atom. The molecule has 0 spiro atoms. The Balaban J connectivity index is 0.000000247. The summed E-state index contributed by atoms with van der Waals surface area (Å²) in [6, 6.07) is 63.1. The standard InChI is InChI=1S/C25H25NO5.C16H16O3.C10H12O3.C10H10O2.C9H8O2/c27-24(28)23(17-20-7-3-1-4-8-20)26-25(29)31-18-21-13-11-19(12-14-21)15-16-30-22-9-5-2-6-10-22;1-18-16(17)14-9-7-13(8-10-14)11-12-19-15-5-3-2-4-6-15;1-13-10(12)9-4-2-8(3-5-9)6-7-11;1-3-8-4-6-9(7-5-8)10(11)12-2;1-2-7-3-5-8(6-4-7)9(10)11/h1-14,23H,15-18H2,(H,26,29)(H,27,28);2-10H,11-12H2,1H3;2-5,11H,6-7H2,1H3;3-7H,1H2,2H3;2-6H,1H2,(H,10,11). The van der Waals surface area contributed by atoms with Crippen molar-refractivity contribution in [3.05, 3.63) is 287 Å². The normalized spacial score (nSPS) is 10.2. The van der Waals surface area contributed by atoms with Crippen molar-refractivity contribution in [1.29, 1.82) is 0 Å². The molecule has 8 aromatic rings. The first kappa shape index (κ1) is 67.9. The van der Waals surface area contributed by atoms with E-state index in [1.165, 1.54) is 21.3 Å². The van der Waals surface area contributed by atoms with Gasteiger partial charge < -0.3 is 49.1 Å². The molecular weight excluding hydrogens is 1090 g/mol. The van der Waals surface area contributed by atoms with Crippen molar-refractivity contribution in [3.8, 4) is 11.5 Å². The quantitative estimate of drug-likeness (QED) is 0.0365. The summed E-state index contributed by atoms with van der Waals surface area (Å²) in [6.07, 6.45) is 5.00. The summed E-state index contributed by atoms with van der Waals surface area (Å²) in [7, 11) is 4.09. The van der Waals surface area contributed by atoms with Crippen molar-refractivity contribution in [2.45, 2.75) is 38.3 Å². The van der Waals surface area contributed by atoms with E-state index in [1.54, 1.807) is 72.8 Å². The number of hydrogen-bond acceptors (Lipinski definition) is 13. The van der Waals surface area contributed by atoms with Gasteiger partial charge in [-0.2, -0.15) is 0 Å². The van der Waals surface area contributed by atoms with Crippen LogP contribution in [-0.4, -0.2) is 98.5 Å². The molecule has 0 saturated heterocycles. The molecule has 8 rings (SSSR count). The highest BCUT2D eigenvalue weighted by atomic mass is 16.6. The number of amides is 1. The van der Waals surface area contributed by atoms with Gasteiger partial charge in [0.05, 0.1) is 56.8 Å². The lowest BCUT2D eigenvalue weighted by atomic mass is 10.1. The molecule has 1 unspecified atom stereocenters. The van der Waals surface area contributed by atoms with Gasteiger partial charge in [-0.15, -0.1) is 0 Å². The van der Waals surface area contributed by atoms with Gasteiger partial charge in [-0.1, -0.05) is 165 Å². The largest absolute Gasteiger partial charge is 0.493 e. The fourth-order valence-corrected chi connectivity index (χ4v) is 7.41. The van der Waals surface area contributed by atoms with Crippen LogP contribution >= 0.6 is 0 Å². The molecule has 1 amide bonds. The Morgan fingerprint density at radius 1 is 0.442 bits per heavy atom. The summed E-state index contributed by atoms with van der Waals surface area (Å²) < 4.78 is 30.2. The molecule has 4 N–H and O–H groups in total. The first-order valence-corrected chi connectivity index (χ1v) is 27.0. The van der Waals surface area contributed by atoms with Crippen molar-refractivity contribution in [1.82, 2.24) is 5.32 Å². The van der Waals surface area contributed by atoms with Crippen molar-refractivity contribution in [3.63, 3.8) is 0 Å². The first-order valence-electron chi connectivity index (χ1n) is 27.0. The van der Waals surface area contributed by atoms with Gasteiger partial charge >= 0.3 is 35.9 Å². The summed E-state index contributed by atoms with van der Waals surface area (Å²) in [4.78, 5) is 67.1. The summed E-state index contributed by atoms with van der Waals surface area (Å²) in [6.45, 7) is 8.53. The number of carboxylic acid groups (broad SMARTS) is 2. The number of carbonyl (C=O) groups excluding carboxylic acids is 4. The molecular formula is C70H71NO15. The number of nitrogens with one attached hydrogen (secondary N) is 1. The summed E-state index contributed by atoms with van der Waals surface area (Å²) >= 11 is 0. The fraction of sp³-hybridized carbons (Fsp3) is 0.171. The van der Waals surface area contributed by atoms with Crippen molar-refractivity contribution >= 4 is 48.1 Å². The maximum atomic E-state index is 12.1. The second-order valence-electron chi connectivity index (χ2n) is 18.2. The molecule has 0 aliphatic carbocycles. The molecule has 8 aromatic carbocycles. The zero-order valence-electron chi connectivity index (χ0n) is 48.3. The van der Waals surface area contributed by atoms with Crippen LogP contribution in [0.4, 0.5) is 4.79 Å². The van der Waals surface area contributed by atoms with E-state index in [4.69, 9.17) is 24.4 Å². The number of hydrogen-bond donors (Lipinski definition) is 4. The van der Waals surface area contributed by atoms with Crippen LogP contribution in [0.2, 0.25) is 0 Å². The van der Waals surface area contributed by atoms with Crippen molar-refractivity contribution in [2.24, 2.45) is 0 Å². The number of carboxylic acids is 2. The molecule has 446 valence electrons. The van der Waals surface area contributed by atoms with E-state index in [0.717, 1.165) is 63.3 Å². The topological polar surface area (TPSA) is 231 Å². The van der Waals surface area contributed by atoms with E-state index in [0.29, 0.717) is 41.9 Å². The number of methoxy groups -OCH3 is 3. The summed E-state index contributed by atoms with van der Waals surface area (Å²) in [5.74, 6) is -1.27. The number of alkyl carbamates (subject to hydrolysis) is 1. The Bertz CT molecular complexity index is 3300. The van der Waals surface area contributed by atoms with Gasteiger partial charge in [-0.3, -0.25) is 0 Å². The van der Waals surface area contributed by atoms with E-state index in [-0.39, 0.29) is 37.5 Å². The van der Waals surface area contributed by atoms with E-state index in [2.05, 4.69) is 32.7 Å². The van der Waals surface area contributed by atoms with Crippen molar-refractivity contribution < 1.29 is 72.5 Å². The Hall–Kier alpha value is -10.6. The molecule has 0 fully saturated rings. The van der Waals surface area contributed by atoms with E-state index in [9.17, 15) is 33.9 Å². The number of para-hydroxylation sites is 2. The van der Waals surface area contributed by atoms with Crippen LogP contribution in [0.5, 0.6) is 11.5 Å². The summed E-state index contributed by atoms with van der Waals surface area (Å²) in [5, 5.41) is 29.0. The van der Waals surface area contributed by atoms with Crippen molar-refractivity contribution in [2.75, 3.05) is 41.2 Å². The van der Waals surface area contributed by atoms with Gasteiger partial charge in [0.15, 0.2) is 0 Å². The van der Waals surface area contributed by atoms with Crippen LogP contribution in [0, 0.1) is 0 Å². The predicted octanol–water partition coefficient (Wildman–Crippen LogP) is 12.5. The van der Waals surface area contributed by atoms with Gasteiger partial charge in [-0.05, 0) is 118 Å². The number of aliphatic hydroxyl groups excluding tert-OH is 1. The molecule has 0 bridgehead atoms. The van der Waals surface area contributed by atoms with Crippen LogP contribution in [-0.2, 0) is 56.0 Å². The number of carbonyl (C=O) groups is 6. The fourth-order valence-electron chi connectivity index (χ4n) is 7.41. The molecule has 86 heavy (non-hydrogen) atoms. The third-order valence-electron chi connectivity index (χ3n) is 12.2. The molecule has 0 radical (unpaired) electrons. The van der Waals surface area contributed by atoms with Gasteiger partial charge in [0.25, 0.3) is 0 Å². The van der Waals surface area contributed by atoms with E-state index < -0.39 is 24.1 Å². The van der Waals surface area contributed by atoms with E-state index >= 15 is 0 Å². The number of aliphatic hydroxyl groups is 1. The average molecular weight is 1170 g/mol. The molecule has 0 aliphatic heterocycles. The molecule has 0 aromatic heterocycles. The number of ether oxygens (including phenoxy) is 6. The Morgan fingerprint density at radius 3 is 1.15 bits per heavy atom. The van der Waals surface area contributed by atoms with Crippen LogP contribution in [0.25, 0.3) is 12.2 Å². The third kappa shape index (κ3) is 26.1. The monoisotopic (exact) mass is 1170 g/mol. The highest BCUT2D eigenvalue weighted by molar-refractivity contribution is 5.90. The number of rotatable bonds is 22. The van der Waals surface area contributed by atoms with Crippen LogP contribution < -0.4 is 14.8 Å². The third-order valence-corrected chi connectivity index (χ3v) is 12.2.